The first kappa shape index (κ1) is 16.6. The molecule has 1 atom stereocenters. The number of hydrogen-bond acceptors (Lipinski definition) is 4. The molecule has 0 aromatic heterocycles. The third-order valence-electron chi connectivity index (χ3n) is 3.44. The van der Waals surface area contributed by atoms with E-state index < -0.39 is 5.54 Å². The van der Waals surface area contributed by atoms with Crippen LogP contribution in [0.15, 0.2) is 30.3 Å². The lowest BCUT2D eigenvalue weighted by Gasteiger charge is -2.34. The fourth-order valence-electron chi connectivity index (χ4n) is 2.23. The number of amides is 1. The second kappa shape index (κ2) is 7.99. The highest BCUT2D eigenvalue weighted by molar-refractivity contribution is 5.86. The van der Waals surface area contributed by atoms with Gasteiger partial charge in [-0.3, -0.25) is 4.79 Å². The lowest BCUT2D eigenvalue weighted by atomic mass is 9.88. The standard InChI is InChI=1S/C15H25N3O2/c1-4-20-11-10-18(3)12-15(17-2,14(16)19)13-8-6-5-7-9-13/h5-9,17H,4,10-12H2,1-3H3,(H2,16,19). The molecule has 0 saturated heterocycles. The normalized spacial score (nSPS) is 14.2. The number of ether oxygens (including phenoxy) is 1. The van der Waals surface area contributed by atoms with Crippen LogP contribution in [-0.2, 0) is 15.1 Å². The molecular weight excluding hydrogens is 254 g/mol. The minimum Gasteiger partial charge on any atom is -0.380 e. The Morgan fingerprint density at radius 1 is 1.40 bits per heavy atom. The smallest absolute Gasteiger partial charge is 0.243 e. The molecule has 0 saturated carbocycles. The van der Waals surface area contributed by atoms with Gasteiger partial charge in [0.15, 0.2) is 0 Å². The summed E-state index contributed by atoms with van der Waals surface area (Å²) in [5.41, 5.74) is 5.64. The van der Waals surface area contributed by atoms with Crippen LogP contribution in [0.5, 0.6) is 0 Å². The van der Waals surface area contributed by atoms with Crippen LogP contribution >= 0.6 is 0 Å². The van der Waals surface area contributed by atoms with Crippen molar-refractivity contribution < 1.29 is 9.53 Å². The fourth-order valence-corrected chi connectivity index (χ4v) is 2.23. The van der Waals surface area contributed by atoms with Crippen molar-refractivity contribution >= 4 is 5.91 Å². The Balaban J connectivity index is 2.87. The Morgan fingerprint density at radius 2 is 2.05 bits per heavy atom. The Morgan fingerprint density at radius 3 is 2.55 bits per heavy atom. The minimum atomic E-state index is -0.887. The maximum Gasteiger partial charge on any atom is 0.243 e. The van der Waals surface area contributed by atoms with Crippen molar-refractivity contribution in [2.24, 2.45) is 5.73 Å². The molecule has 5 heteroatoms. The van der Waals surface area contributed by atoms with Crippen LogP contribution in [0.1, 0.15) is 12.5 Å². The maximum atomic E-state index is 12.0. The van der Waals surface area contributed by atoms with E-state index in [0.717, 1.165) is 12.1 Å². The van der Waals surface area contributed by atoms with E-state index in [9.17, 15) is 4.79 Å². The average Bonchev–Trinajstić information content (AvgIpc) is 2.45. The largest absolute Gasteiger partial charge is 0.380 e. The molecule has 1 amide bonds. The SMILES string of the molecule is CCOCCN(C)CC(NC)(C(N)=O)c1ccccc1. The highest BCUT2D eigenvalue weighted by Crippen LogP contribution is 2.21. The summed E-state index contributed by atoms with van der Waals surface area (Å²) in [5.74, 6) is -0.380. The number of rotatable bonds is 9. The molecule has 112 valence electrons. The predicted octanol–water partition coefficient (Wildman–Crippen LogP) is 0.555. The summed E-state index contributed by atoms with van der Waals surface area (Å²) in [6, 6.07) is 9.56. The lowest BCUT2D eigenvalue weighted by molar-refractivity contribution is -0.125. The van der Waals surface area contributed by atoms with Crippen LogP contribution < -0.4 is 11.1 Å². The van der Waals surface area contributed by atoms with Gasteiger partial charge in [0.1, 0.15) is 5.54 Å². The maximum absolute atomic E-state index is 12.0. The molecule has 1 aromatic carbocycles. The zero-order valence-electron chi connectivity index (χ0n) is 12.6. The van der Waals surface area contributed by atoms with E-state index in [1.807, 2.05) is 49.2 Å². The number of benzene rings is 1. The number of nitrogens with one attached hydrogen (secondary N) is 1. The second-order valence-electron chi connectivity index (χ2n) is 4.82. The van der Waals surface area contributed by atoms with Gasteiger partial charge in [-0.05, 0) is 26.6 Å². The second-order valence-corrected chi connectivity index (χ2v) is 4.82. The van der Waals surface area contributed by atoms with Gasteiger partial charge in [-0.2, -0.15) is 0 Å². The van der Waals surface area contributed by atoms with Crippen LogP contribution in [0, 0.1) is 0 Å². The Kier molecular flexibility index (Phi) is 6.64. The van der Waals surface area contributed by atoms with E-state index in [-0.39, 0.29) is 5.91 Å². The molecule has 20 heavy (non-hydrogen) atoms. The molecule has 0 spiro atoms. The van der Waals surface area contributed by atoms with Gasteiger partial charge in [0, 0.05) is 19.7 Å². The molecule has 0 fully saturated rings. The third-order valence-corrected chi connectivity index (χ3v) is 3.44. The highest BCUT2D eigenvalue weighted by Gasteiger charge is 2.37. The fraction of sp³-hybridized carbons (Fsp3) is 0.533. The van der Waals surface area contributed by atoms with Crippen molar-refractivity contribution in [2.45, 2.75) is 12.5 Å². The van der Waals surface area contributed by atoms with Crippen molar-refractivity contribution in [1.82, 2.24) is 10.2 Å². The van der Waals surface area contributed by atoms with Crippen molar-refractivity contribution in [3.8, 4) is 0 Å². The summed E-state index contributed by atoms with van der Waals surface area (Å²) >= 11 is 0. The van der Waals surface area contributed by atoms with Gasteiger partial charge in [0.25, 0.3) is 0 Å². The highest BCUT2D eigenvalue weighted by atomic mass is 16.5. The summed E-state index contributed by atoms with van der Waals surface area (Å²) in [5, 5.41) is 3.10. The molecule has 0 aliphatic carbocycles. The zero-order valence-corrected chi connectivity index (χ0v) is 12.6. The first-order valence-electron chi connectivity index (χ1n) is 6.87. The topological polar surface area (TPSA) is 67.6 Å². The summed E-state index contributed by atoms with van der Waals surface area (Å²) < 4.78 is 5.34. The number of carbonyl (C=O) groups excluding carboxylic acids is 1. The van der Waals surface area contributed by atoms with E-state index in [0.29, 0.717) is 19.8 Å². The summed E-state index contributed by atoms with van der Waals surface area (Å²) in [4.78, 5) is 14.1. The number of likely N-dealkylation sites (N-methyl/N-ethyl adjacent to an activating group) is 2. The molecule has 5 nitrogen and oxygen atoms in total. The summed E-state index contributed by atoms with van der Waals surface area (Å²) in [6.07, 6.45) is 0. The molecule has 0 aliphatic heterocycles. The first-order valence-corrected chi connectivity index (χ1v) is 6.87. The quantitative estimate of drug-likeness (QED) is 0.648. The predicted molar refractivity (Wildman–Crippen MR) is 80.4 cm³/mol. The Labute approximate surface area is 121 Å². The lowest BCUT2D eigenvalue weighted by Crippen LogP contribution is -2.57. The van der Waals surface area contributed by atoms with Gasteiger partial charge < -0.3 is 20.7 Å². The van der Waals surface area contributed by atoms with Gasteiger partial charge in [-0.25, -0.2) is 0 Å². The van der Waals surface area contributed by atoms with Crippen molar-refractivity contribution in [3.05, 3.63) is 35.9 Å². The van der Waals surface area contributed by atoms with Crippen molar-refractivity contribution in [2.75, 3.05) is 40.4 Å². The van der Waals surface area contributed by atoms with Crippen LogP contribution in [-0.4, -0.2) is 51.2 Å². The van der Waals surface area contributed by atoms with E-state index in [4.69, 9.17) is 10.5 Å². The van der Waals surface area contributed by atoms with Crippen LogP contribution in [0.2, 0.25) is 0 Å². The summed E-state index contributed by atoms with van der Waals surface area (Å²) in [7, 11) is 3.71. The van der Waals surface area contributed by atoms with Gasteiger partial charge in [-0.1, -0.05) is 30.3 Å². The molecule has 3 N–H and O–H groups in total. The van der Waals surface area contributed by atoms with Gasteiger partial charge in [0.2, 0.25) is 5.91 Å². The van der Waals surface area contributed by atoms with E-state index in [2.05, 4.69) is 5.32 Å². The van der Waals surface area contributed by atoms with Gasteiger partial charge >= 0.3 is 0 Å². The van der Waals surface area contributed by atoms with Crippen molar-refractivity contribution in [1.29, 1.82) is 0 Å². The Hall–Kier alpha value is -1.43. The molecule has 0 aliphatic rings. The van der Waals surface area contributed by atoms with Crippen LogP contribution in [0.25, 0.3) is 0 Å². The number of carbonyl (C=O) groups is 1. The van der Waals surface area contributed by atoms with Gasteiger partial charge in [-0.15, -0.1) is 0 Å². The van der Waals surface area contributed by atoms with E-state index in [1.54, 1.807) is 7.05 Å². The zero-order chi connectivity index (χ0) is 15.0. The summed E-state index contributed by atoms with van der Waals surface area (Å²) in [6.45, 7) is 4.54. The Bertz CT molecular complexity index is 411. The monoisotopic (exact) mass is 279 g/mol. The molecule has 1 unspecified atom stereocenters. The average molecular weight is 279 g/mol. The molecule has 0 radical (unpaired) electrons. The van der Waals surface area contributed by atoms with Crippen LogP contribution in [0.3, 0.4) is 0 Å². The molecular formula is C15H25N3O2. The molecule has 0 heterocycles. The first-order chi connectivity index (χ1) is 9.56. The number of primary amides is 1. The molecule has 1 aromatic rings. The van der Waals surface area contributed by atoms with Crippen molar-refractivity contribution in [3.63, 3.8) is 0 Å². The van der Waals surface area contributed by atoms with E-state index in [1.165, 1.54) is 0 Å². The van der Waals surface area contributed by atoms with Gasteiger partial charge in [0.05, 0.1) is 6.61 Å². The van der Waals surface area contributed by atoms with Crippen LogP contribution in [0.4, 0.5) is 0 Å². The number of nitrogens with two attached hydrogens (primary N) is 1. The van der Waals surface area contributed by atoms with E-state index >= 15 is 0 Å². The molecule has 0 bridgehead atoms. The molecule has 1 rings (SSSR count). The number of hydrogen-bond donors (Lipinski definition) is 2. The number of nitrogens with zero attached hydrogens (tertiary/aromatic N) is 1. The third kappa shape index (κ3) is 4.03. The minimum absolute atomic E-state index is 0.380.